The Morgan fingerprint density at radius 2 is 2.26 bits per heavy atom. The van der Waals surface area contributed by atoms with Crippen molar-refractivity contribution in [1.82, 2.24) is 5.32 Å². The smallest absolute Gasteiger partial charge is 0.231 e. The Morgan fingerprint density at radius 3 is 3.11 bits per heavy atom. The highest BCUT2D eigenvalue weighted by Gasteiger charge is 2.18. The molecule has 0 aliphatic carbocycles. The summed E-state index contributed by atoms with van der Waals surface area (Å²) in [5.74, 6) is 1.40. The van der Waals surface area contributed by atoms with Crippen molar-refractivity contribution in [3.05, 3.63) is 22.7 Å². The predicted molar refractivity (Wildman–Crippen MR) is 72.9 cm³/mol. The topological polar surface area (TPSA) is 39.7 Å². The molecule has 0 bridgehead atoms. The maximum Gasteiger partial charge on any atom is 0.231 e. The molecule has 0 amide bonds. The third-order valence-electron chi connectivity index (χ3n) is 3.48. The maximum atomic E-state index is 6.14. The van der Waals surface area contributed by atoms with Crippen molar-refractivity contribution in [3.8, 4) is 11.5 Å². The number of hydrogen-bond acceptors (Lipinski definition) is 4. The fourth-order valence-electron chi connectivity index (χ4n) is 2.49. The largest absolute Gasteiger partial charge is 0.454 e. The first-order chi connectivity index (χ1) is 9.33. The molecule has 1 fully saturated rings. The van der Waals surface area contributed by atoms with Gasteiger partial charge in [0.1, 0.15) is 0 Å². The molecule has 1 aromatic carbocycles. The minimum absolute atomic E-state index is 0.255. The summed E-state index contributed by atoms with van der Waals surface area (Å²) < 4.78 is 16.2. The summed E-state index contributed by atoms with van der Waals surface area (Å²) in [5.41, 5.74) is 1.11. The van der Waals surface area contributed by atoms with Gasteiger partial charge in [0.25, 0.3) is 0 Å². The molecule has 0 radical (unpaired) electrons. The van der Waals surface area contributed by atoms with Crippen LogP contribution in [-0.2, 0) is 11.3 Å². The molecule has 0 saturated carbocycles. The van der Waals surface area contributed by atoms with Crippen LogP contribution in [0.3, 0.4) is 0 Å². The van der Waals surface area contributed by atoms with E-state index in [2.05, 4.69) is 5.32 Å². The van der Waals surface area contributed by atoms with Crippen molar-refractivity contribution in [2.75, 3.05) is 19.9 Å². The van der Waals surface area contributed by atoms with Gasteiger partial charge in [-0.3, -0.25) is 0 Å². The van der Waals surface area contributed by atoms with Crippen molar-refractivity contribution < 1.29 is 14.2 Å². The van der Waals surface area contributed by atoms with Gasteiger partial charge in [0.2, 0.25) is 6.79 Å². The van der Waals surface area contributed by atoms with E-state index in [9.17, 15) is 0 Å². The lowest BCUT2D eigenvalue weighted by atomic mass is 10.1. The maximum absolute atomic E-state index is 6.14. The molecule has 2 aliphatic rings. The molecule has 3 rings (SSSR count). The van der Waals surface area contributed by atoms with Crippen LogP contribution < -0.4 is 14.8 Å². The van der Waals surface area contributed by atoms with E-state index in [1.807, 2.05) is 12.1 Å². The summed E-state index contributed by atoms with van der Waals surface area (Å²) in [4.78, 5) is 0. The number of nitrogens with one attached hydrogen (secondary N) is 1. The fraction of sp³-hybridized carbons (Fsp3) is 0.571. The third kappa shape index (κ3) is 3.14. The van der Waals surface area contributed by atoms with Crippen LogP contribution in [-0.4, -0.2) is 26.0 Å². The molecule has 1 unspecified atom stereocenters. The Balaban J connectivity index is 1.48. The monoisotopic (exact) mass is 283 g/mol. The summed E-state index contributed by atoms with van der Waals surface area (Å²) in [6, 6.07) is 3.90. The second-order valence-corrected chi connectivity index (χ2v) is 5.32. The van der Waals surface area contributed by atoms with E-state index in [-0.39, 0.29) is 6.79 Å². The van der Waals surface area contributed by atoms with Gasteiger partial charge in [-0.15, -0.1) is 0 Å². The fourth-order valence-corrected chi connectivity index (χ4v) is 2.78. The van der Waals surface area contributed by atoms with E-state index in [4.69, 9.17) is 25.8 Å². The van der Waals surface area contributed by atoms with E-state index in [0.717, 1.165) is 37.4 Å². The summed E-state index contributed by atoms with van der Waals surface area (Å²) in [6.07, 6.45) is 3.89. The van der Waals surface area contributed by atoms with Gasteiger partial charge in [-0.1, -0.05) is 11.6 Å². The van der Waals surface area contributed by atoms with Gasteiger partial charge in [0.15, 0.2) is 11.5 Å². The van der Waals surface area contributed by atoms with Gasteiger partial charge < -0.3 is 19.5 Å². The van der Waals surface area contributed by atoms with Crippen LogP contribution in [0.4, 0.5) is 0 Å². The number of rotatable bonds is 5. The third-order valence-corrected chi connectivity index (χ3v) is 3.76. The molecule has 0 spiro atoms. The Labute approximate surface area is 118 Å². The predicted octanol–water partition coefficient (Wildman–Crippen LogP) is 2.73. The van der Waals surface area contributed by atoms with Gasteiger partial charge in [-0.25, -0.2) is 0 Å². The summed E-state index contributed by atoms with van der Waals surface area (Å²) in [5, 5.41) is 4.03. The number of hydrogen-bond donors (Lipinski definition) is 1. The van der Waals surface area contributed by atoms with E-state index in [0.29, 0.717) is 16.9 Å². The van der Waals surface area contributed by atoms with Crippen molar-refractivity contribution in [2.24, 2.45) is 0 Å². The molecular formula is C14H18ClNO3. The Morgan fingerprint density at radius 1 is 1.32 bits per heavy atom. The summed E-state index contributed by atoms with van der Waals surface area (Å²) in [6.45, 7) is 2.91. The Hall–Kier alpha value is -0.970. The molecular weight excluding hydrogens is 266 g/mol. The van der Waals surface area contributed by atoms with Crippen molar-refractivity contribution in [2.45, 2.75) is 31.9 Å². The van der Waals surface area contributed by atoms with E-state index in [1.165, 1.54) is 12.8 Å². The lowest BCUT2D eigenvalue weighted by Gasteiger charge is -2.10. The molecule has 5 heteroatoms. The zero-order chi connectivity index (χ0) is 13.1. The molecule has 4 nitrogen and oxygen atoms in total. The van der Waals surface area contributed by atoms with Gasteiger partial charge in [-0.05, 0) is 43.5 Å². The first kappa shape index (κ1) is 13.0. The van der Waals surface area contributed by atoms with E-state index in [1.54, 1.807) is 0 Å². The first-order valence-electron chi connectivity index (χ1n) is 6.73. The van der Waals surface area contributed by atoms with Crippen LogP contribution in [0.2, 0.25) is 5.02 Å². The zero-order valence-corrected chi connectivity index (χ0v) is 11.5. The van der Waals surface area contributed by atoms with Crippen LogP contribution >= 0.6 is 11.6 Å². The van der Waals surface area contributed by atoms with Crippen LogP contribution in [0.5, 0.6) is 11.5 Å². The zero-order valence-electron chi connectivity index (χ0n) is 10.8. The number of halogens is 1. The minimum atomic E-state index is 0.255. The number of ether oxygens (including phenoxy) is 3. The normalized spacial score (nSPS) is 21.0. The molecule has 19 heavy (non-hydrogen) atoms. The molecule has 0 aromatic heterocycles. The molecule has 104 valence electrons. The number of fused-ring (bicyclic) bond motifs is 1. The average molecular weight is 284 g/mol. The number of benzene rings is 1. The molecule has 1 N–H and O–H groups in total. The molecule has 1 aromatic rings. The van der Waals surface area contributed by atoms with Crippen LogP contribution in [0, 0.1) is 0 Å². The van der Waals surface area contributed by atoms with Crippen LogP contribution in [0.25, 0.3) is 0 Å². The SMILES string of the molecule is Clc1cc(CNCCC2CCCO2)cc2c1OCO2. The molecule has 1 saturated heterocycles. The standard InChI is InChI=1S/C14H18ClNO3/c15-12-6-10(7-13-14(12)19-9-18-13)8-16-4-3-11-2-1-5-17-11/h6-7,11,16H,1-5,8-9H2. The highest BCUT2D eigenvalue weighted by molar-refractivity contribution is 6.32. The Bertz CT molecular complexity index is 447. The Kier molecular flexibility index (Phi) is 4.11. The molecule has 1 atom stereocenters. The highest BCUT2D eigenvalue weighted by Crippen LogP contribution is 2.39. The molecule has 2 aliphatic heterocycles. The minimum Gasteiger partial charge on any atom is -0.454 e. The quantitative estimate of drug-likeness (QED) is 0.844. The van der Waals surface area contributed by atoms with Gasteiger partial charge in [0, 0.05) is 13.2 Å². The molecule has 2 heterocycles. The average Bonchev–Trinajstić information content (AvgIpc) is 3.05. The first-order valence-corrected chi connectivity index (χ1v) is 7.11. The lowest BCUT2D eigenvalue weighted by molar-refractivity contribution is 0.104. The summed E-state index contributed by atoms with van der Waals surface area (Å²) >= 11 is 6.14. The second-order valence-electron chi connectivity index (χ2n) is 4.91. The van der Waals surface area contributed by atoms with Gasteiger partial charge in [-0.2, -0.15) is 0 Å². The van der Waals surface area contributed by atoms with Gasteiger partial charge >= 0.3 is 0 Å². The second kappa shape index (κ2) is 5.99. The van der Waals surface area contributed by atoms with E-state index >= 15 is 0 Å². The van der Waals surface area contributed by atoms with Crippen molar-refractivity contribution in [1.29, 1.82) is 0 Å². The summed E-state index contributed by atoms with van der Waals surface area (Å²) in [7, 11) is 0. The van der Waals surface area contributed by atoms with E-state index < -0.39 is 0 Å². The van der Waals surface area contributed by atoms with Crippen LogP contribution in [0.15, 0.2) is 12.1 Å². The van der Waals surface area contributed by atoms with Crippen molar-refractivity contribution >= 4 is 11.6 Å². The van der Waals surface area contributed by atoms with Crippen molar-refractivity contribution in [3.63, 3.8) is 0 Å². The van der Waals surface area contributed by atoms with Gasteiger partial charge in [0.05, 0.1) is 11.1 Å². The van der Waals surface area contributed by atoms with Crippen LogP contribution in [0.1, 0.15) is 24.8 Å². The highest BCUT2D eigenvalue weighted by atomic mass is 35.5. The lowest BCUT2D eigenvalue weighted by Crippen LogP contribution is -2.19.